The van der Waals surface area contributed by atoms with Crippen LogP contribution < -0.4 is 9.47 Å². The Morgan fingerprint density at radius 1 is 1.43 bits per heavy atom. The lowest BCUT2D eigenvalue weighted by molar-refractivity contribution is -0.108. The Hall–Kier alpha value is -2.14. The Morgan fingerprint density at radius 3 is 3.14 bits per heavy atom. The monoisotopic (exact) mass is 286 g/mol. The van der Waals surface area contributed by atoms with Crippen molar-refractivity contribution in [3.05, 3.63) is 30.5 Å². The molecule has 1 saturated heterocycles. The maximum absolute atomic E-state index is 10.6. The molecule has 1 aliphatic rings. The third-order valence-electron chi connectivity index (χ3n) is 3.77. The molecule has 1 atom stereocenters. The van der Waals surface area contributed by atoms with Gasteiger partial charge in [-0.15, -0.1) is 0 Å². The van der Waals surface area contributed by atoms with Crippen LogP contribution in [0.5, 0.6) is 11.5 Å². The molecule has 0 unspecified atom stereocenters. The maximum Gasteiger partial charge on any atom is 0.133 e. The largest absolute Gasteiger partial charge is 0.497 e. The molecule has 5 heteroatoms. The minimum Gasteiger partial charge on any atom is -0.497 e. The third-order valence-corrected chi connectivity index (χ3v) is 3.77. The van der Waals surface area contributed by atoms with Gasteiger partial charge in [0, 0.05) is 30.7 Å². The molecule has 2 heterocycles. The molecule has 0 N–H and O–H groups in total. The van der Waals surface area contributed by atoms with Crippen molar-refractivity contribution in [1.82, 2.24) is 9.88 Å². The second-order valence-electron chi connectivity index (χ2n) is 5.15. The fourth-order valence-electron chi connectivity index (χ4n) is 2.68. The number of rotatable bonds is 5. The van der Waals surface area contributed by atoms with E-state index in [0.717, 1.165) is 48.2 Å². The molecule has 110 valence electrons. The molecule has 3 rings (SSSR count). The van der Waals surface area contributed by atoms with Gasteiger partial charge in [-0.25, -0.2) is 0 Å². The van der Waals surface area contributed by atoms with E-state index in [1.165, 1.54) is 0 Å². The molecular weight excluding hydrogens is 268 g/mol. The highest BCUT2D eigenvalue weighted by atomic mass is 16.5. The van der Waals surface area contributed by atoms with Crippen LogP contribution >= 0.6 is 0 Å². The second-order valence-corrected chi connectivity index (χ2v) is 5.15. The van der Waals surface area contributed by atoms with E-state index in [4.69, 9.17) is 9.47 Å². The summed E-state index contributed by atoms with van der Waals surface area (Å²) >= 11 is 0. The van der Waals surface area contributed by atoms with Crippen LogP contribution in [0.2, 0.25) is 0 Å². The Bertz CT molecular complexity index is 644. The summed E-state index contributed by atoms with van der Waals surface area (Å²) in [6.07, 6.45) is 3.75. The molecule has 0 aliphatic carbocycles. The van der Waals surface area contributed by atoms with E-state index in [2.05, 4.69) is 9.88 Å². The molecule has 0 saturated carbocycles. The quantitative estimate of drug-likeness (QED) is 0.786. The number of pyridine rings is 1. The Labute approximate surface area is 123 Å². The summed E-state index contributed by atoms with van der Waals surface area (Å²) < 4.78 is 11.3. The molecule has 1 aliphatic heterocycles. The number of carbonyl (C=O) groups excluding carboxylic acids is 1. The number of aromatic nitrogens is 1. The molecule has 1 fully saturated rings. The fraction of sp³-hybridized carbons (Fsp3) is 0.375. The van der Waals surface area contributed by atoms with Crippen LogP contribution in [0.1, 0.15) is 6.42 Å². The zero-order chi connectivity index (χ0) is 14.7. The molecule has 0 spiro atoms. The van der Waals surface area contributed by atoms with Gasteiger partial charge < -0.3 is 14.3 Å². The van der Waals surface area contributed by atoms with Gasteiger partial charge in [0.1, 0.15) is 23.9 Å². The highest BCUT2D eigenvalue weighted by Gasteiger charge is 2.24. The summed E-state index contributed by atoms with van der Waals surface area (Å²) in [5.74, 6) is 1.62. The Morgan fingerprint density at radius 2 is 2.33 bits per heavy atom. The summed E-state index contributed by atoms with van der Waals surface area (Å²) in [4.78, 5) is 17.0. The van der Waals surface area contributed by atoms with Gasteiger partial charge in [0.2, 0.25) is 0 Å². The number of benzene rings is 1. The van der Waals surface area contributed by atoms with Crippen molar-refractivity contribution < 1.29 is 14.3 Å². The molecule has 0 radical (unpaired) electrons. The number of methoxy groups -OCH3 is 1. The van der Waals surface area contributed by atoms with Gasteiger partial charge in [0.25, 0.3) is 0 Å². The van der Waals surface area contributed by atoms with Crippen molar-refractivity contribution in [2.45, 2.75) is 12.5 Å². The fourth-order valence-corrected chi connectivity index (χ4v) is 2.68. The minimum absolute atomic E-state index is 0.123. The first kappa shape index (κ1) is 13.8. The van der Waals surface area contributed by atoms with Crippen LogP contribution in [0.15, 0.2) is 30.5 Å². The van der Waals surface area contributed by atoms with Crippen LogP contribution in [-0.2, 0) is 4.79 Å². The van der Waals surface area contributed by atoms with Crippen LogP contribution in [-0.4, -0.2) is 49.0 Å². The standard InChI is InChI=1S/C16H18N2O3/c1-20-12-2-3-14-15(10-12)17-6-4-16(14)21-13-5-7-18(11-13)8-9-19/h2-4,6,9-10,13H,5,7-8,11H2,1H3/t13-/m0/s1. The number of ether oxygens (including phenoxy) is 2. The minimum atomic E-state index is 0.123. The van der Waals surface area contributed by atoms with Crippen molar-refractivity contribution in [2.75, 3.05) is 26.7 Å². The van der Waals surface area contributed by atoms with Gasteiger partial charge in [0.05, 0.1) is 19.2 Å². The average Bonchev–Trinajstić information content (AvgIpc) is 2.94. The van der Waals surface area contributed by atoms with E-state index in [1.54, 1.807) is 13.3 Å². The lowest BCUT2D eigenvalue weighted by Gasteiger charge is -2.16. The molecular formula is C16H18N2O3. The predicted molar refractivity (Wildman–Crippen MR) is 79.8 cm³/mol. The summed E-state index contributed by atoms with van der Waals surface area (Å²) in [5.41, 5.74) is 0.856. The Balaban J connectivity index is 1.79. The zero-order valence-electron chi connectivity index (χ0n) is 12.0. The van der Waals surface area contributed by atoms with Crippen LogP contribution in [0.3, 0.4) is 0 Å². The van der Waals surface area contributed by atoms with Crippen LogP contribution in [0, 0.1) is 0 Å². The lowest BCUT2D eigenvalue weighted by Crippen LogP contribution is -2.26. The molecule has 1 aromatic heterocycles. The zero-order valence-corrected chi connectivity index (χ0v) is 12.0. The lowest BCUT2D eigenvalue weighted by atomic mass is 10.2. The predicted octanol–water partition coefficient (Wildman–Crippen LogP) is 1.90. The van der Waals surface area contributed by atoms with E-state index in [9.17, 15) is 4.79 Å². The molecule has 2 aromatic rings. The number of hydrogen-bond acceptors (Lipinski definition) is 5. The number of aldehydes is 1. The summed E-state index contributed by atoms with van der Waals surface area (Å²) in [6, 6.07) is 7.66. The van der Waals surface area contributed by atoms with E-state index in [1.807, 2.05) is 24.3 Å². The van der Waals surface area contributed by atoms with Gasteiger partial charge in [-0.1, -0.05) is 0 Å². The number of fused-ring (bicyclic) bond motifs is 1. The topological polar surface area (TPSA) is 51.7 Å². The first-order chi connectivity index (χ1) is 10.3. The highest BCUT2D eigenvalue weighted by molar-refractivity contribution is 5.85. The van der Waals surface area contributed by atoms with Crippen molar-refractivity contribution in [3.63, 3.8) is 0 Å². The first-order valence-electron chi connectivity index (χ1n) is 7.05. The SMILES string of the molecule is COc1ccc2c(O[C@H]3CCN(CC=O)C3)ccnc2c1. The number of carbonyl (C=O) groups is 1. The van der Waals surface area contributed by atoms with Crippen molar-refractivity contribution in [2.24, 2.45) is 0 Å². The van der Waals surface area contributed by atoms with Crippen molar-refractivity contribution >= 4 is 17.2 Å². The smallest absolute Gasteiger partial charge is 0.133 e. The van der Waals surface area contributed by atoms with Gasteiger partial charge in [-0.3, -0.25) is 9.88 Å². The number of hydrogen-bond donors (Lipinski definition) is 0. The molecule has 0 amide bonds. The van der Waals surface area contributed by atoms with E-state index >= 15 is 0 Å². The number of nitrogens with zero attached hydrogens (tertiary/aromatic N) is 2. The van der Waals surface area contributed by atoms with Gasteiger partial charge in [-0.2, -0.15) is 0 Å². The molecule has 1 aromatic carbocycles. The van der Waals surface area contributed by atoms with E-state index in [-0.39, 0.29) is 6.10 Å². The van der Waals surface area contributed by atoms with Crippen LogP contribution in [0.25, 0.3) is 10.9 Å². The van der Waals surface area contributed by atoms with Crippen LogP contribution in [0.4, 0.5) is 0 Å². The van der Waals surface area contributed by atoms with Crippen molar-refractivity contribution in [1.29, 1.82) is 0 Å². The summed E-state index contributed by atoms with van der Waals surface area (Å²) in [5, 5.41) is 0.979. The van der Waals surface area contributed by atoms with Gasteiger partial charge in [-0.05, 0) is 24.6 Å². The highest BCUT2D eigenvalue weighted by Crippen LogP contribution is 2.29. The van der Waals surface area contributed by atoms with Gasteiger partial charge in [0.15, 0.2) is 0 Å². The molecule has 21 heavy (non-hydrogen) atoms. The normalized spacial score (nSPS) is 18.8. The molecule has 0 bridgehead atoms. The van der Waals surface area contributed by atoms with Crippen molar-refractivity contribution in [3.8, 4) is 11.5 Å². The average molecular weight is 286 g/mol. The first-order valence-corrected chi connectivity index (χ1v) is 7.05. The number of likely N-dealkylation sites (tertiary alicyclic amines) is 1. The molecule has 5 nitrogen and oxygen atoms in total. The maximum atomic E-state index is 10.6. The Kier molecular flexibility index (Phi) is 4.01. The van der Waals surface area contributed by atoms with E-state index < -0.39 is 0 Å². The second kappa shape index (κ2) is 6.10. The summed E-state index contributed by atoms with van der Waals surface area (Å²) in [6.45, 7) is 2.17. The van der Waals surface area contributed by atoms with E-state index in [0.29, 0.717) is 6.54 Å². The van der Waals surface area contributed by atoms with Gasteiger partial charge >= 0.3 is 0 Å². The summed E-state index contributed by atoms with van der Waals surface area (Å²) in [7, 11) is 1.64. The third kappa shape index (κ3) is 2.97.